The largest absolute Gasteiger partial charge is 0.352 e. The summed E-state index contributed by atoms with van der Waals surface area (Å²) in [6.07, 6.45) is 6.72. The quantitative estimate of drug-likeness (QED) is 0.803. The summed E-state index contributed by atoms with van der Waals surface area (Å²) < 4.78 is 0. The molecule has 1 aliphatic carbocycles. The van der Waals surface area contributed by atoms with Crippen molar-refractivity contribution in [2.75, 3.05) is 0 Å². The van der Waals surface area contributed by atoms with Gasteiger partial charge in [0.15, 0.2) is 0 Å². The van der Waals surface area contributed by atoms with Crippen LogP contribution in [0.3, 0.4) is 0 Å². The highest BCUT2D eigenvalue weighted by Gasteiger charge is 2.20. The molecule has 1 fully saturated rings. The lowest BCUT2D eigenvalue weighted by atomic mass is 9.95. The average Bonchev–Trinajstić information content (AvgIpc) is 2.41. The van der Waals surface area contributed by atoms with Crippen molar-refractivity contribution in [2.24, 2.45) is 0 Å². The van der Waals surface area contributed by atoms with Gasteiger partial charge in [0.05, 0.1) is 5.25 Å². The van der Waals surface area contributed by atoms with E-state index in [4.69, 9.17) is 0 Å². The highest BCUT2D eigenvalue weighted by atomic mass is 32.1. The van der Waals surface area contributed by atoms with Gasteiger partial charge in [-0.3, -0.25) is 4.79 Å². The van der Waals surface area contributed by atoms with Gasteiger partial charge < -0.3 is 5.32 Å². The molecule has 0 spiro atoms. The van der Waals surface area contributed by atoms with Crippen molar-refractivity contribution in [3.8, 4) is 0 Å². The zero-order chi connectivity index (χ0) is 12.8. The summed E-state index contributed by atoms with van der Waals surface area (Å²) in [5.41, 5.74) is 1.16. The van der Waals surface area contributed by atoms with Crippen molar-refractivity contribution in [3.63, 3.8) is 0 Å². The molecule has 0 bridgehead atoms. The maximum atomic E-state index is 12.0. The van der Waals surface area contributed by atoms with Crippen molar-refractivity contribution in [1.29, 1.82) is 0 Å². The number of carbonyl (C=O) groups is 1. The minimum absolute atomic E-state index is 0.0779. The maximum absolute atomic E-state index is 12.0. The van der Waals surface area contributed by atoms with Gasteiger partial charge in [-0.1, -0.05) is 49.6 Å². The Bertz CT molecular complexity index is 373. The molecule has 3 heteroatoms. The Hall–Kier alpha value is -0.960. The van der Waals surface area contributed by atoms with Crippen LogP contribution < -0.4 is 5.32 Å². The first kappa shape index (κ1) is 13.5. The number of benzene rings is 1. The molecule has 1 amide bonds. The second-order valence-corrected chi connectivity index (χ2v) is 5.67. The first-order valence-corrected chi connectivity index (χ1v) is 7.30. The van der Waals surface area contributed by atoms with Crippen molar-refractivity contribution < 1.29 is 4.79 Å². The Balaban J connectivity index is 1.81. The molecule has 1 aromatic rings. The Labute approximate surface area is 115 Å². The highest BCUT2D eigenvalue weighted by Crippen LogP contribution is 2.18. The van der Waals surface area contributed by atoms with Crippen LogP contribution in [0.4, 0.5) is 0 Å². The van der Waals surface area contributed by atoms with Gasteiger partial charge in [0.1, 0.15) is 0 Å². The van der Waals surface area contributed by atoms with E-state index < -0.39 is 0 Å². The van der Waals surface area contributed by atoms with E-state index >= 15 is 0 Å². The summed E-state index contributed by atoms with van der Waals surface area (Å²) in [6.45, 7) is 0. The lowest BCUT2D eigenvalue weighted by molar-refractivity contribution is -0.121. The molecule has 2 nitrogen and oxygen atoms in total. The van der Waals surface area contributed by atoms with E-state index in [2.05, 4.69) is 17.9 Å². The van der Waals surface area contributed by atoms with E-state index in [0.29, 0.717) is 12.5 Å². The number of nitrogens with one attached hydrogen (secondary N) is 1. The van der Waals surface area contributed by atoms with Gasteiger partial charge >= 0.3 is 0 Å². The Morgan fingerprint density at radius 2 is 1.89 bits per heavy atom. The van der Waals surface area contributed by atoms with Crippen LogP contribution in [-0.4, -0.2) is 17.2 Å². The van der Waals surface area contributed by atoms with E-state index in [1.807, 2.05) is 30.3 Å². The molecule has 0 saturated heterocycles. The molecule has 1 aliphatic rings. The molecule has 0 aliphatic heterocycles. The van der Waals surface area contributed by atoms with E-state index in [1.165, 1.54) is 19.3 Å². The molecule has 1 atom stereocenters. The number of thiol groups is 1. The summed E-state index contributed by atoms with van der Waals surface area (Å²) in [4.78, 5) is 12.0. The Morgan fingerprint density at radius 3 is 2.56 bits per heavy atom. The van der Waals surface area contributed by atoms with Crippen LogP contribution in [-0.2, 0) is 11.2 Å². The van der Waals surface area contributed by atoms with Crippen LogP contribution in [0.25, 0.3) is 0 Å². The van der Waals surface area contributed by atoms with Gasteiger partial charge in [0.2, 0.25) is 5.91 Å². The summed E-state index contributed by atoms with van der Waals surface area (Å²) in [7, 11) is 0. The third-order valence-corrected chi connectivity index (χ3v) is 3.94. The molecule has 0 heterocycles. The van der Waals surface area contributed by atoms with Crippen LogP contribution in [0, 0.1) is 0 Å². The van der Waals surface area contributed by atoms with Crippen molar-refractivity contribution in [3.05, 3.63) is 35.9 Å². The third-order valence-electron chi connectivity index (χ3n) is 3.53. The van der Waals surface area contributed by atoms with Crippen molar-refractivity contribution in [1.82, 2.24) is 5.32 Å². The van der Waals surface area contributed by atoms with E-state index in [-0.39, 0.29) is 11.2 Å². The Kier molecular flexibility index (Phi) is 5.12. The van der Waals surface area contributed by atoms with Gasteiger partial charge in [-0.25, -0.2) is 0 Å². The molecule has 1 saturated carbocycles. The second-order valence-electron chi connectivity index (χ2n) is 5.05. The number of hydrogen-bond acceptors (Lipinski definition) is 2. The van der Waals surface area contributed by atoms with E-state index in [1.54, 1.807) is 0 Å². The first-order valence-electron chi connectivity index (χ1n) is 6.78. The molecule has 1 N–H and O–H groups in total. The van der Waals surface area contributed by atoms with Crippen LogP contribution in [0.1, 0.15) is 37.7 Å². The molecule has 2 rings (SSSR count). The van der Waals surface area contributed by atoms with E-state index in [9.17, 15) is 4.79 Å². The fourth-order valence-electron chi connectivity index (χ4n) is 2.47. The Morgan fingerprint density at radius 1 is 1.22 bits per heavy atom. The van der Waals surface area contributed by atoms with Crippen LogP contribution in [0.2, 0.25) is 0 Å². The fourth-order valence-corrected chi connectivity index (χ4v) is 2.76. The van der Waals surface area contributed by atoms with Crippen molar-refractivity contribution >= 4 is 18.5 Å². The van der Waals surface area contributed by atoms with Gasteiger partial charge in [0, 0.05) is 6.04 Å². The smallest absolute Gasteiger partial charge is 0.233 e. The minimum Gasteiger partial charge on any atom is -0.352 e. The van der Waals surface area contributed by atoms with Crippen LogP contribution in [0.5, 0.6) is 0 Å². The van der Waals surface area contributed by atoms with Gasteiger partial charge in [-0.05, 0) is 24.8 Å². The summed E-state index contributed by atoms with van der Waals surface area (Å²) in [6, 6.07) is 10.4. The molecular formula is C15H21NOS. The van der Waals surface area contributed by atoms with E-state index in [0.717, 1.165) is 18.4 Å². The standard InChI is InChI=1S/C15H21NOS/c17-15(16-13-9-5-2-6-10-13)14(18)11-12-7-3-1-4-8-12/h1,3-4,7-8,13-14,18H,2,5-6,9-11H2,(H,16,17). The molecule has 0 aromatic heterocycles. The predicted molar refractivity (Wildman–Crippen MR) is 77.9 cm³/mol. The first-order chi connectivity index (χ1) is 8.75. The number of amides is 1. The van der Waals surface area contributed by atoms with Crippen molar-refractivity contribution in [2.45, 2.75) is 49.8 Å². The summed E-state index contributed by atoms with van der Waals surface area (Å²) >= 11 is 4.42. The summed E-state index contributed by atoms with van der Waals surface area (Å²) in [5.74, 6) is 0.0779. The molecular weight excluding hydrogens is 242 g/mol. The fraction of sp³-hybridized carbons (Fsp3) is 0.533. The van der Waals surface area contributed by atoms with Crippen LogP contribution >= 0.6 is 12.6 Å². The predicted octanol–water partition coefficient (Wildman–Crippen LogP) is 2.98. The van der Waals surface area contributed by atoms with Gasteiger partial charge in [0.25, 0.3) is 0 Å². The monoisotopic (exact) mass is 263 g/mol. The lowest BCUT2D eigenvalue weighted by Gasteiger charge is -2.24. The topological polar surface area (TPSA) is 29.1 Å². The maximum Gasteiger partial charge on any atom is 0.233 e. The summed E-state index contributed by atoms with van der Waals surface area (Å²) in [5, 5.41) is 2.88. The number of carbonyl (C=O) groups excluding carboxylic acids is 1. The molecule has 98 valence electrons. The molecule has 1 unspecified atom stereocenters. The lowest BCUT2D eigenvalue weighted by Crippen LogP contribution is -2.41. The normalized spacial score (nSPS) is 18.3. The second kappa shape index (κ2) is 6.83. The molecule has 0 radical (unpaired) electrons. The van der Waals surface area contributed by atoms with Gasteiger partial charge in [-0.2, -0.15) is 12.6 Å². The average molecular weight is 263 g/mol. The SMILES string of the molecule is O=C(NC1CCCCC1)C(S)Cc1ccccc1. The molecule has 1 aromatic carbocycles. The molecule has 18 heavy (non-hydrogen) atoms. The third kappa shape index (κ3) is 4.05. The number of rotatable bonds is 4. The zero-order valence-electron chi connectivity index (χ0n) is 10.6. The highest BCUT2D eigenvalue weighted by molar-refractivity contribution is 7.81. The van der Waals surface area contributed by atoms with Gasteiger partial charge in [-0.15, -0.1) is 0 Å². The minimum atomic E-state index is -0.241. The zero-order valence-corrected chi connectivity index (χ0v) is 11.5. The van der Waals surface area contributed by atoms with Crippen LogP contribution in [0.15, 0.2) is 30.3 Å². The number of hydrogen-bond donors (Lipinski definition) is 2.